The van der Waals surface area contributed by atoms with Crippen LogP contribution in [0.15, 0.2) is 66.7 Å². The zero-order chi connectivity index (χ0) is 19.1. The molecular formula is C23H28N4. The van der Waals surface area contributed by atoms with Gasteiger partial charge in [-0.2, -0.15) is 4.98 Å². The molecule has 3 rings (SSSR count). The van der Waals surface area contributed by atoms with Crippen LogP contribution in [0.3, 0.4) is 0 Å². The van der Waals surface area contributed by atoms with Crippen molar-refractivity contribution in [3.05, 3.63) is 83.6 Å². The van der Waals surface area contributed by atoms with Gasteiger partial charge in [0, 0.05) is 30.9 Å². The first-order valence-electron chi connectivity index (χ1n) is 9.56. The van der Waals surface area contributed by atoms with Crippen LogP contribution in [0.4, 0.5) is 11.8 Å². The van der Waals surface area contributed by atoms with Gasteiger partial charge in [0.15, 0.2) is 0 Å². The van der Waals surface area contributed by atoms with Crippen molar-refractivity contribution in [1.82, 2.24) is 9.97 Å². The van der Waals surface area contributed by atoms with Gasteiger partial charge < -0.3 is 10.2 Å². The highest BCUT2D eigenvalue weighted by Crippen LogP contribution is 2.20. The van der Waals surface area contributed by atoms with Gasteiger partial charge >= 0.3 is 0 Å². The summed E-state index contributed by atoms with van der Waals surface area (Å²) < 4.78 is 0. The number of hydrogen-bond acceptors (Lipinski definition) is 4. The molecule has 0 atom stereocenters. The molecule has 0 aliphatic heterocycles. The van der Waals surface area contributed by atoms with Gasteiger partial charge in [-0.25, -0.2) is 4.98 Å². The molecule has 0 aliphatic rings. The SMILES string of the molecule is Cc1cc(N(Cc2ccccc2)C(C)C)nc(NCCc2ccccc2)n1. The van der Waals surface area contributed by atoms with E-state index in [1.807, 2.05) is 19.1 Å². The first-order chi connectivity index (χ1) is 13.1. The molecule has 4 nitrogen and oxygen atoms in total. The van der Waals surface area contributed by atoms with E-state index in [1.165, 1.54) is 11.1 Å². The van der Waals surface area contributed by atoms with Crippen LogP contribution in [0, 0.1) is 6.92 Å². The van der Waals surface area contributed by atoms with Crippen molar-refractivity contribution in [2.45, 2.75) is 39.8 Å². The van der Waals surface area contributed by atoms with Crippen molar-refractivity contribution in [3.63, 3.8) is 0 Å². The van der Waals surface area contributed by atoms with E-state index < -0.39 is 0 Å². The molecule has 3 aromatic rings. The molecule has 0 spiro atoms. The maximum absolute atomic E-state index is 4.79. The third-order valence-electron chi connectivity index (χ3n) is 4.49. The number of aryl methyl sites for hydroxylation is 1. The second-order valence-corrected chi connectivity index (χ2v) is 7.06. The van der Waals surface area contributed by atoms with E-state index in [-0.39, 0.29) is 0 Å². The highest BCUT2D eigenvalue weighted by molar-refractivity contribution is 5.46. The standard InChI is InChI=1S/C23H28N4/c1-18(2)27(17-21-12-8-5-9-13-21)22-16-19(3)25-23(26-22)24-15-14-20-10-6-4-7-11-20/h4-13,16,18H,14-15,17H2,1-3H3,(H,24,25,26). The summed E-state index contributed by atoms with van der Waals surface area (Å²) in [5.74, 6) is 1.66. The van der Waals surface area contributed by atoms with Crippen molar-refractivity contribution < 1.29 is 0 Å². The van der Waals surface area contributed by atoms with Crippen LogP contribution in [0.25, 0.3) is 0 Å². The summed E-state index contributed by atoms with van der Waals surface area (Å²) in [6, 6.07) is 23.4. The summed E-state index contributed by atoms with van der Waals surface area (Å²) in [4.78, 5) is 11.7. The van der Waals surface area contributed by atoms with Crippen LogP contribution in [-0.2, 0) is 13.0 Å². The highest BCUT2D eigenvalue weighted by Gasteiger charge is 2.14. The summed E-state index contributed by atoms with van der Waals surface area (Å²) in [6.07, 6.45) is 0.950. The molecule has 27 heavy (non-hydrogen) atoms. The Balaban J connectivity index is 1.72. The first kappa shape index (κ1) is 18.9. The minimum absolute atomic E-state index is 0.344. The number of hydrogen-bond donors (Lipinski definition) is 1. The Labute approximate surface area is 162 Å². The van der Waals surface area contributed by atoms with E-state index >= 15 is 0 Å². The van der Waals surface area contributed by atoms with Crippen molar-refractivity contribution in [1.29, 1.82) is 0 Å². The van der Waals surface area contributed by atoms with Gasteiger partial charge in [0.25, 0.3) is 0 Å². The van der Waals surface area contributed by atoms with E-state index in [1.54, 1.807) is 0 Å². The van der Waals surface area contributed by atoms with Crippen LogP contribution in [-0.4, -0.2) is 22.6 Å². The lowest BCUT2D eigenvalue weighted by atomic mass is 10.1. The van der Waals surface area contributed by atoms with E-state index in [2.05, 4.69) is 83.6 Å². The summed E-state index contributed by atoms with van der Waals surface area (Å²) in [6.45, 7) is 8.06. The third-order valence-corrected chi connectivity index (χ3v) is 4.49. The molecule has 0 radical (unpaired) electrons. The number of benzene rings is 2. The fourth-order valence-corrected chi connectivity index (χ4v) is 3.05. The van der Waals surface area contributed by atoms with Crippen molar-refractivity contribution in [2.75, 3.05) is 16.8 Å². The molecule has 2 aromatic carbocycles. The largest absolute Gasteiger partial charge is 0.354 e. The molecule has 0 amide bonds. The van der Waals surface area contributed by atoms with Crippen LogP contribution in [0.1, 0.15) is 30.7 Å². The molecule has 1 heterocycles. The molecule has 0 unspecified atom stereocenters. The minimum Gasteiger partial charge on any atom is -0.354 e. The number of rotatable bonds is 8. The van der Waals surface area contributed by atoms with Gasteiger partial charge in [-0.15, -0.1) is 0 Å². The second kappa shape index (κ2) is 9.17. The van der Waals surface area contributed by atoms with Crippen LogP contribution >= 0.6 is 0 Å². The fraction of sp³-hybridized carbons (Fsp3) is 0.304. The fourth-order valence-electron chi connectivity index (χ4n) is 3.05. The predicted octanol–water partition coefficient (Wildman–Crippen LogP) is 4.85. The van der Waals surface area contributed by atoms with Gasteiger partial charge in [-0.1, -0.05) is 60.7 Å². The Kier molecular flexibility index (Phi) is 6.42. The summed E-state index contributed by atoms with van der Waals surface area (Å²) in [5.41, 5.74) is 3.56. The number of aromatic nitrogens is 2. The highest BCUT2D eigenvalue weighted by atomic mass is 15.2. The van der Waals surface area contributed by atoms with E-state index in [0.717, 1.165) is 31.0 Å². The number of anilines is 2. The Morgan fingerprint density at radius 3 is 2.15 bits per heavy atom. The summed E-state index contributed by atoms with van der Waals surface area (Å²) in [7, 11) is 0. The number of nitrogens with one attached hydrogen (secondary N) is 1. The third kappa shape index (κ3) is 5.55. The van der Waals surface area contributed by atoms with Gasteiger partial charge in [-0.3, -0.25) is 0 Å². The van der Waals surface area contributed by atoms with Gasteiger partial charge in [-0.05, 0) is 38.3 Å². The Morgan fingerprint density at radius 1 is 0.889 bits per heavy atom. The van der Waals surface area contributed by atoms with Crippen molar-refractivity contribution in [2.24, 2.45) is 0 Å². The molecule has 0 saturated carbocycles. The van der Waals surface area contributed by atoms with E-state index in [9.17, 15) is 0 Å². The second-order valence-electron chi connectivity index (χ2n) is 7.06. The van der Waals surface area contributed by atoms with Gasteiger partial charge in [0.1, 0.15) is 5.82 Å². The van der Waals surface area contributed by atoms with Crippen molar-refractivity contribution >= 4 is 11.8 Å². The molecule has 140 valence electrons. The zero-order valence-corrected chi connectivity index (χ0v) is 16.4. The molecule has 1 N–H and O–H groups in total. The Hall–Kier alpha value is -2.88. The molecule has 0 fully saturated rings. The van der Waals surface area contributed by atoms with E-state index in [4.69, 9.17) is 4.98 Å². The molecular weight excluding hydrogens is 332 g/mol. The van der Waals surface area contributed by atoms with Crippen LogP contribution in [0.5, 0.6) is 0 Å². The lowest BCUT2D eigenvalue weighted by Crippen LogP contribution is -2.31. The lowest BCUT2D eigenvalue weighted by molar-refractivity contribution is 0.671. The Bertz CT molecular complexity index is 832. The first-order valence-corrected chi connectivity index (χ1v) is 9.56. The topological polar surface area (TPSA) is 41.1 Å². The number of nitrogens with zero attached hydrogens (tertiary/aromatic N) is 3. The molecule has 1 aromatic heterocycles. The average Bonchev–Trinajstić information content (AvgIpc) is 2.67. The average molecular weight is 361 g/mol. The van der Waals surface area contributed by atoms with Crippen LogP contribution < -0.4 is 10.2 Å². The molecule has 0 saturated heterocycles. The maximum atomic E-state index is 4.79. The van der Waals surface area contributed by atoms with Crippen molar-refractivity contribution in [3.8, 4) is 0 Å². The van der Waals surface area contributed by atoms with E-state index in [0.29, 0.717) is 12.0 Å². The normalized spacial score (nSPS) is 10.8. The maximum Gasteiger partial charge on any atom is 0.224 e. The smallest absolute Gasteiger partial charge is 0.224 e. The quantitative estimate of drug-likeness (QED) is 0.623. The lowest BCUT2D eigenvalue weighted by Gasteiger charge is -2.28. The monoisotopic (exact) mass is 360 g/mol. The van der Waals surface area contributed by atoms with Crippen LogP contribution in [0.2, 0.25) is 0 Å². The summed E-state index contributed by atoms with van der Waals surface area (Å²) in [5, 5.41) is 3.38. The van der Waals surface area contributed by atoms with Gasteiger partial charge in [0.2, 0.25) is 5.95 Å². The molecule has 4 heteroatoms. The predicted molar refractivity (Wildman–Crippen MR) is 113 cm³/mol. The summed E-state index contributed by atoms with van der Waals surface area (Å²) >= 11 is 0. The molecule has 0 bridgehead atoms. The zero-order valence-electron chi connectivity index (χ0n) is 16.4. The minimum atomic E-state index is 0.344. The van der Waals surface area contributed by atoms with Gasteiger partial charge in [0.05, 0.1) is 0 Å². The Morgan fingerprint density at radius 2 is 1.52 bits per heavy atom. The molecule has 0 aliphatic carbocycles.